The highest BCUT2D eigenvalue weighted by Gasteiger charge is 2.21. The van der Waals surface area contributed by atoms with Crippen LogP contribution in [0, 0.1) is 24.1 Å². The van der Waals surface area contributed by atoms with Gasteiger partial charge in [0.15, 0.2) is 0 Å². The van der Waals surface area contributed by atoms with Crippen LogP contribution in [-0.4, -0.2) is 18.2 Å². The molecule has 1 aromatic heterocycles. The first kappa shape index (κ1) is 19.6. The van der Waals surface area contributed by atoms with Crippen molar-refractivity contribution in [2.45, 2.75) is 18.2 Å². The Hall–Kier alpha value is -3.16. The number of sulfonamides is 1. The molecule has 2 aromatic carbocycles. The minimum atomic E-state index is -4.26. The molecule has 3 rings (SSSR count). The van der Waals surface area contributed by atoms with E-state index in [0.29, 0.717) is 16.8 Å². The number of nitrogens with two attached hydrogens (primary N) is 1. The molecule has 0 amide bonds. The molecule has 1 heterocycles. The van der Waals surface area contributed by atoms with Gasteiger partial charge in [-0.1, -0.05) is 6.07 Å². The molecule has 0 saturated heterocycles. The van der Waals surface area contributed by atoms with Crippen LogP contribution in [-0.2, 0) is 10.0 Å². The first-order chi connectivity index (χ1) is 13.1. The molecule has 2 N–H and O–H groups in total. The summed E-state index contributed by atoms with van der Waals surface area (Å²) in [6.07, 6.45) is -2.87. The fraction of sp³-hybridized carbons (Fsp3) is 0.111. The van der Waals surface area contributed by atoms with Gasteiger partial charge < -0.3 is 0 Å². The Morgan fingerprint density at radius 3 is 2.43 bits per heavy atom. The summed E-state index contributed by atoms with van der Waals surface area (Å²) in [5, 5.41) is 17.9. The van der Waals surface area contributed by atoms with Gasteiger partial charge in [0, 0.05) is 5.56 Å². The van der Waals surface area contributed by atoms with Gasteiger partial charge in [-0.05, 0) is 48.9 Å². The van der Waals surface area contributed by atoms with Crippen LogP contribution in [0.5, 0.6) is 0 Å². The van der Waals surface area contributed by atoms with Gasteiger partial charge in [-0.15, -0.1) is 0 Å². The number of aromatic nitrogens is 2. The molecule has 0 fully saturated rings. The van der Waals surface area contributed by atoms with E-state index in [9.17, 15) is 21.6 Å². The molecule has 0 aliphatic heterocycles. The topological polar surface area (TPSA) is 102 Å². The SMILES string of the molecule is Cc1cc(-n2nc(C(F)F)cc2-c2ccc(S(N)(=O)=O)c(F)c2)ccc1C#N. The van der Waals surface area contributed by atoms with Gasteiger partial charge in [-0.3, -0.25) is 0 Å². The van der Waals surface area contributed by atoms with E-state index >= 15 is 0 Å². The van der Waals surface area contributed by atoms with Crippen LogP contribution < -0.4 is 5.14 Å². The Labute approximate surface area is 158 Å². The average molecular weight is 406 g/mol. The van der Waals surface area contributed by atoms with Crippen molar-refractivity contribution in [2.24, 2.45) is 5.14 Å². The van der Waals surface area contributed by atoms with Gasteiger partial charge in [-0.2, -0.15) is 10.4 Å². The first-order valence-electron chi connectivity index (χ1n) is 7.84. The number of halogens is 3. The molecular formula is C18H13F3N4O2S. The number of primary sulfonamides is 1. The monoisotopic (exact) mass is 406 g/mol. The number of aryl methyl sites for hydroxylation is 1. The largest absolute Gasteiger partial charge is 0.282 e. The summed E-state index contributed by atoms with van der Waals surface area (Å²) in [5.74, 6) is -1.11. The smallest absolute Gasteiger partial charge is 0.233 e. The van der Waals surface area contributed by atoms with E-state index in [2.05, 4.69) is 5.10 Å². The summed E-state index contributed by atoms with van der Waals surface area (Å²) in [4.78, 5) is -0.703. The van der Waals surface area contributed by atoms with Crippen LogP contribution in [0.25, 0.3) is 16.9 Å². The molecule has 0 unspecified atom stereocenters. The fourth-order valence-corrected chi connectivity index (χ4v) is 3.29. The highest BCUT2D eigenvalue weighted by atomic mass is 32.2. The van der Waals surface area contributed by atoms with Crippen molar-refractivity contribution in [1.82, 2.24) is 9.78 Å². The lowest BCUT2D eigenvalue weighted by molar-refractivity contribution is 0.145. The maximum Gasteiger partial charge on any atom is 0.282 e. The zero-order chi connectivity index (χ0) is 20.6. The molecule has 3 aromatic rings. The third-order valence-electron chi connectivity index (χ3n) is 4.06. The second-order valence-corrected chi connectivity index (χ2v) is 7.50. The predicted octanol–water partition coefficient (Wildman–Crippen LogP) is 3.44. The summed E-state index contributed by atoms with van der Waals surface area (Å²) in [5.41, 5.74) is 1.12. The van der Waals surface area contributed by atoms with Crippen molar-refractivity contribution in [2.75, 3.05) is 0 Å². The van der Waals surface area contributed by atoms with Crippen molar-refractivity contribution in [3.63, 3.8) is 0 Å². The van der Waals surface area contributed by atoms with Crippen molar-refractivity contribution < 1.29 is 21.6 Å². The minimum Gasteiger partial charge on any atom is -0.233 e. The van der Waals surface area contributed by atoms with Gasteiger partial charge in [0.2, 0.25) is 10.0 Å². The molecule has 0 radical (unpaired) electrons. The lowest BCUT2D eigenvalue weighted by Gasteiger charge is -2.10. The molecule has 0 aliphatic carbocycles. The molecule has 0 bridgehead atoms. The Kier molecular flexibility index (Phi) is 4.97. The first-order valence-corrected chi connectivity index (χ1v) is 9.38. The molecular weight excluding hydrogens is 393 g/mol. The van der Waals surface area contributed by atoms with Gasteiger partial charge in [0.05, 0.1) is 23.0 Å². The molecule has 0 spiro atoms. The highest BCUT2D eigenvalue weighted by Crippen LogP contribution is 2.30. The number of nitrogens with zero attached hydrogens (tertiary/aromatic N) is 3. The lowest BCUT2D eigenvalue weighted by Crippen LogP contribution is -2.14. The number of rotatable bonds is 4. The average Bonchev–Trinajstić information content (AvgIpc) is 3.06. The van der Waals surface area contributed by atoms with Gasteiger partial charge in [0.1, 0.15) is 16.4 Å². The van der Waals surface area contributed by atoms with Crippen LogP contribution in [0.3, 0.4) is 0 Å². The quantitative estimate of drug-likeness (QED) is 0.717. The molecule has 0 aliphatic rings. The summed E-state index contributed by atoms with van der Waals surface area (Å²) < 4.78 is 64.6. The molecule has 28 heavy (non-hydrogen) atoms. The van der Waals surface area contributed by atoms with Crippen LogP contribution in [0.15, 0.2) is 47.4 Å². The van der Waals surface area contributed by atoms with Crippen LogP contribution in [0.4, 0.5) is 13.2 Å². The maximum absolute atomic E-state index is 14.2. The Morgan fingerprint density at radius 2 is 1.89 bits per heavy atom. The summed E-state index contributed by atoms with van der Waals surface area (Å²) in [6, 6.07) is 10.8. The second kappa shape index (κ2) is 7.10. The Balaban J connectivity index is 2.21. The van der Waals surface area contributed by atoms with Gasteiger partial charge >= 0.3 is 0 Å². The van der Waals surface area contributed by atoms with Crippen LogP contribution in [0.1, 0.15) is 23.2 Å². The Morgan fingerprint density at radius 1 is 1.18 bits per heavy atom. The van der Waals surface area contributed by atoms with Crippen LogP contribution in [0.2, 0.25) is 0 Å². The zero-order valence-corrected chi connectivity index (χ0v) is 15.2. The number of alkyl halides is 2. The van der Waals surface area contributed by atoms with E-state index < -0.39 is 32.9 Å². The standard InChI is InChI=1S/C18H13F3N4O2S/c1-10-6-13(4-2-12(10)9-22)25-16(8-15(24-25)18(20)21)11-3-5-17(14(19)7-11)28(23,26)27/h2-8,18H,1H3,(H2,23,26,27). The van der Waals surface area contributed by atoms with Crippen molar-refractivity contribution in [3.8, 4) is 23.0 Å². The normalized spacial score (nSPS) is 11.6. The zero-order valence-electron chi connectivity index (χ0n) is 14.4. The number of benzene rings is 2. The molecule has 144 valence electrons. The summed E-state index contributed by atoms with van der Waals surface area (Å²) in [6.45, 7) is 1.68. The number of hydrogen-bond acceptors (Lipinski definition) is 4. The van der Waals surface area contributed by atoms with E-state index in [1.807, 2.05) is 6.07 Å². The molecule has 0 atom stereocenters. The number of hydrogen-bond donors (Lipinski definition) is 1. The van der Waals surface area contributed by atoms with Gasteiger partial charge in [-0.25, -0.2) is 31.4 Å². The molecule has 6 nitrogen and oxygen atoms in total. The van der Waals surface area contributed by atoms with Crippen molar-refractivity contribution in [1.29, 1.82) is 5.26 Å². The van der Waals surface area contributed by atoms with E-state index in [1.165, 1.54) is 22.9 Å². The molecule has 10 heteroatoms. The van der Waals surface area contributed by atoms with Crippen molar-refractivity contribution >= 4 is 10.0 Å². The predicted molar refractivity (Wildman–Crippen MR) is 94.7 cm³/mol. The van der Waals surface area contributed by atoms with E-state index in [4.69, 9.17) is 10.4 Å². The van der Waals surface area contributed by atoms with Gasteiger partial charge in [0.25, 0.3) is 6.43 Å². The van der Waals surface area contributed by atoms with E-state index in [1.54, 1.807) is 13.0 Å². The van der Waals surface area contributed by atoms with E-state index in [-0.39, 0.29) is 11.3 Å². The Bertz CT molecular complexity index is 1210. The number of nitriles is 1. The summed E-state index contributed by atoms with van der Waals surface area (Å²) in [7, 11) is -4.26. The highest BCUT2D eigenvalue weighted by molar-refractivity contribution is 7.89. The lowest BCUT2D eigenvalue weighted by atomic mass is 10.1. The second-order valence-electron chi connectivity index (χ2n) is 5.97. The van der Waals surface area contributed by atoms with Crippen LogP contribution >= 0.6 is 0 Å². The third kappa shape index (κ3) is 3.62. The van der Waals surface area contributed by atoms with E-state index in [0.717, 1.165) is 18.2 Å². The minimum absolute atomic E-state index is 0.124. The fourth-order valence-electron chi connectivity index (χ4n) is 2.70. The third-order valence-corrected chi connectivity index (χ3v) is 5.01. The molecule has 0 saturated carbocycles. The van der Waals surface area contributed by atoms with Crippen molar-refractivity contribution in [3.05, 3.63) is 65.1 Å². The maximum atomic E-state index is 14.2. The summed E-state index contributed by atoms with van der Waals surface area (Å²) >= 11 is 0.